The van der Waals surface area contributed by atoms with Crippen LogP contribution >= 0.6 is 23.2 Å². The first-order chi connectivity index (χ1) is 15.5. The standard InChI is InChI=1S/C25H25Cl2NO4S/c1-4-33(30,31)21-9-5-17(6-10-21)13-20(29)14-18-7-12-24(28-16-18)32-25(2,3)22-11-8-19(26)15-23(22)27/h5-12,15-16H,4,13-14H2,1-3H3. The molecule has 5 nitrogen and oxygen atoms in total. The Bertz CT molecular complexity index is 1240. The highest BCUT2D eigenvalue weighted by Crippen LogP contribution is 2.33. The molecule has 8 heteroatoms. The first kappa shape index (κ1) is 25.2. The topological polar surface area (TPSA) is 73.3 Å². The van der Waals surface area contributed by atoms with Crippen molar-refractivity contribution in [1.29, 1.82) is 0 Å². The Labute approximate surface area is 204 Å². The molecule has 0 radical (unpaired) electrons. The summed E-state index contributed by atoms with van der Waals surface area (Å²) in [5, 5.41) is 1.06. The second-order valence-corrected chi connectivity index (χ2v) is 11.3. The number of pyridine rings is 1. The zero-order valence-corrected chi connectivity index (χ0v) is 21.0. The summed E-state index contributed by atoms with van der Waals surface area (Å²) in [5.41, 5.74) is 1.58. The molecule has 0 spiro atoms. The van der Waals surface area contributed by atoms with Gasteiger partial charge < -0.3 is 4.74 Å². The third kappa shape index (κ3) is 6.56. The van der Waals surface area contributed by atoms with Crippen LogP contribution in [0, 0.1) is 0 Å². The number of hydrogen-bond acceptors (Lipinski definition) is 5. The van der Waals surface area contributed by atoms with Crippen LogP contribution in [0.4, 0.5) is 0 Å². The highest BCUT2D eigenvalue weighted by molar-refractivity contribution is 7.91. The maximum Gasteiger partial charge on any atom is 0.214 e. The molecule has 0 aliphatic rings. The first-order valence-corrected chi connectivity index (χ1v) is 12.8. The average Bonchev–Trinajstić information content (AvgIpc) is 2.75. The number of hydrogen-bond donors (Lipinski definition) is 0. The highest BCUT2D eigenvalue weighted by Gasteiger charge is 2.26. The van der Waals surface area contributed by atoms with E-state index in [0.29, 0.717) is 15.9 Å². The minimum atomic E-state index is -3.25. The Morgan fingerprint density at radius 1 is 0.970 bits per heavy atom. The van der Waals surface area contributed by atoms with E-state index in [2.05, 4.69) is 4.98 Å². The Hall–Kier alpha value is -2.41. The number of rotatable bonds is 9. The molecule has 33 heavy (non-hydrogen) atoms. The number of Topliss-reactive ketones (excluding diaryl/α,β-unsaturated/α-hetero) is 1. The lowest BCUT2D eigenvalue weighted by Crippen LogP contribution is -2.26. The van der Waals surface area contributed by atoms with Gasteiger partial charge in [0.15, 0.2) is 9.84 Å². The third-order valence-electron chi connectivity index (χ3n) is 5.20. The molecule has 0 aliphatic heterocycles. The molecule has 3 rings (SSSR count). The number of ketones is 1. The molecule has 2 aromatic carbocycles. The smallest absolute Gasteiger partial charge is 0.214 e. The highest BCUT2D eigenvalue weighted by atomic mass is 35.5. The van der Waals surface area contributed by atoms with Crippen LogP contribution in [0.5, 0.6) is 5.88 Å². The Balaban J connectivity index is 1.61. The molecule has 1 aromatic heterocycles. The van der Waals surface area contributed by atoms with Gasteiger partial charge in [-0.1, -0.05) is 54.4 Å². The fourth-order valence-electron chi connectivity index (χ4n) is 3.37. The van der Waals surface area contributed by atoms with E-state index in [1.54, 1.807) is 61.7 Å². The molecule has 174 valence electrons. The van der Waals surface area contributed by atoms with E-state index < -0.39 is 15.4 Å². The number of carbonyl (C=O) groups is 1. The minimum Gasteiger partial charge on any atom is -0.467 e. The van der Waals surface area contributed by atoms with Crippen molar-refractivity contribution in [3.8, 4) is 5.88 Å². The molecule has 0 bridgehead atoms. The lowest BCUT2D eigenvalue weighted by molar-refractivity contribution is -0.117. The zero-order chi connectivity index (χ0) is 24.2. The van der Waals surface area contributed by atoms with Gasteiger partial charge in [0.05, 0.1) is 10.6 Å². The van der Waals surface area contributed by atoms with Gasteiger partial charge in [0, 0.05) is 40.7 Å². The lowest BCUT2D eigenvalue weighted by atomic mass is 9.98. The quantitative estimate of drug-likeness (QED) is 0.364. The number of benzene rings is 2. The molecule has 0 amide bonds. The van der Waals surface area contributed by atoms with E-state index in [1.807, 2.05) is 19.9 Å². The van der Waals surface area contributed by atoms with Crippen molar-refractivity contribution in [2.75, 3.05) is 5.75 Å². The van der Waals surface area contributed by atoms with E-state index in [0.717, 1.165) is 16.7 Å². The van der Waals surface area contributed by atoms with Gasteiger partial charge in [-0.3, -0.25) is 4.79 Å². The maximum atomic E-state index is 12.5. The van der Waals surface area contributed by atoms with Gasteiger partial charge in [-0.2, -0.15) is 0 Å². The normalized spacial score (nSPS) is 11.9. The Morgan fingerprint density at radius 2 is 1.61 bits per heavy atom. The third-order valence-corrected chi connectivity index (χ3v) is 7.50. The van der Waals surface area contributed by atoms with Crippen LogP contribution in [0.15, 0.2) is 65.7 Å². The molecule has 0 unspecified atom stereocenters. The van der Waals surface area contributed by atoms with Crippen molar-refractivity contribution < 1.29 is 17.9 Å². The molecule has 0 atom stereocenters. The largest absolute Gasteiger partial charge is 0.467 e. The van der Waals surface area contributed by atoms with Gasteiger partial charge in [-0.05, 0) is 49.2 Å². The second-order valence-electron chi connectivity index (χ2n) is 8.18. The predicted octanol–water partition coefficient (Wildman–Crippen LogP) is 5.85. The Morgan fingerprint density at radius 3 is 2.18 bits per heavy atom. The van der Waals surface area contributed by atoms with Gasteiger partial charge in [0.25, 0.3) is 0 Å². The number of carbonyl (C=O) groups excluding carboxylic acids is 1. The van der Waals surface area contributed by atoms with Crippen LogP contribution in [-0.4, -0.2) is 24.9 Å². The van der Waals surface area contributed by atoms with Gasteiger partial charge >= 0.3 is 0 Å². The van der Waals surface area contributed by atoms with Crippen molar-refractivity contribution in [3.05, 3.63) is 87.5 Å². The summed E-state index contributed by atoms with van der Waals surface area (Å²) in [7, 11) is -3.25. The van der Waals surface area contributed by atoms with Gasteiger partial charge in [-0.25, -0.2) is 13.4 Å². The lowest BCUT2D eigenvalue weighted by Gasteiger charge is -2.27. The van der Waals surface area contributed by atoms with Crippen molar-refractivity contribution in [2.24, 2.45) is 0 Å². The van der Waals surface area contributed by atoms with Crippen LogP contribution in [0.2, 0.25) is 10.0 Å². The minimum absolute atomic E-state index is 0.00448. The van der Waals surface area contributed by atoms with E-state index in [1.165, 1.54) is 0 Å². The molecule has 0 saturated carbocycles. The Kier molecular flexibility index (Phi) is 7.83. The molecule has 0 N–H and O–H groups in total. The molecular formula is C25H25Cl2NO4S. The number of nitrogens with zero attached hydrogens (tertiary/aromatic N) is 1. The zero-order valence-electron chi connectivity index (χ0n) is 18.6. The van der Waals surface area contributed by atoms with E-state index >= 15 is 0 Å². The molecule has 1 heterocycles. The van der Waals surface area contributed by atoms with Gasteiger partial charge in [-0.15, -0.1) is 0 Å². The van der Waals surface area contributed by atoms with Gasteiger partial charge in [0.1, 0.15) is 11.4 Å². The SMILES string of the molecule is CCS(=O)(=O)c1ccc(CC(=O)Cc2ccc(OC(C)(C)c3ccc(Cl)cc3Cl)nc2)cc1. The second kappa shape index (κ2) is 10.2. The van der Waals surface area contributed by atoms with Gasteiger partial charge in [0.2, 0.25) is 5.88 Å². The van der Waals surface area contributed by atoms with Crippen LogP contribution in [0.3, 0.4) is 0 Å². The summed E-state index contributed by atoms with van der Waals surface area (Å²) in [6.45, 7) is 5.38. The van der Waals surface area contributed by atoms with E-state index in [4.69, 9.17) is 27.9 Å². The summed E-state index contributed by atoms with van der Waals surface area (Å²) >= 11 is 12.3. The van der Waals surface area contributed by atoms with Crippen molar-refractivity contribution >= 4 is 38.8 Å². The van der Waals surface area contributed by atoms with Crippen LogP contribution in [0.25, 0.3) is 0 Å². The molecular weight excluding hydrogens is 481 g/mol. The number of halogens is 2. The number of aromatic nitrogens is 1. The van der Waals surface area contributed by atoms with Crippen molar-refractivity contribution in [3.63, 3.8) is 0 Å². The molecule has 0 saturated heterocycles. The fourth-order valence-corrected chi connectivity index (χ4v) is 4.89. The maximum absolute atomic E-state index is 12.5. The summed E-state index contributed by atoms with van der Waals surface area (Å²) < 4.78 is 29.8. The fraction of sp³-hybridized carbons (Fsp3) is 0.280. The first-order valence-electron chi connectivity index (χ1n) is 10.4. The van der Waals surface area contributed by atoms with Crippen LogP contribution in [-0.2, 0) is 33.1 Å². The summed E-state index contributed by atoms with van der Waals surface area (Å²) in [4.78, 5) is 17.1. The molecule has 3 aromatic rings. The number of sulfone groups is 1. The summed E-state index contributed by atoms with van der Waals surface area (Å²) in [6, 6.07) is 15.2. The molecule has 0 fully saturated rings. The monoisotopic (exact) mass is 505 g/mol. The molecule has 0 aliphatic carbocycles. The van der Waals surface area contributed by atoms with Crippen LogP contribution in [0.1, 0.15) is 37.5 Å². The van der Waals surface area contributed by atoms with E-state index in [-0.39, 0.29) is 29.3 Å². The average molecular weight is 506 g/mol. The summed E-state index contributed by atoms with van der Waals surface area (Å²) in [5.74, 6) is 0.460. The van der Waals surface area contributed by atoms with Crippen molar-refractivity contribution in [1.82, 2.24) is 4.98 Å². The van der Waals surface area contributed by atoms with E-state index in [9.17, 15) is 13.2 Å². The summed E-state index contributed by atoms with van der Waals surface area (Å²) in [6.07, 6.45) is 2.05. The van der Waals surface area contributed by atoms with Crippen molar-refractivity contribution in [2.45, 2.75) is 44.1 Å². The van der Waals surface area contributed by atoms with Crippen LogP contribution < -0.4 is 4.74 Å². The number of ether oxygens (including phenoxy) is 1. The predicted molar refractivity (Wildman–Crippen MR) is 131 cm³/mol.